The summed E-state index contributed by atoms with van der Waals surface area (Å²) >= 11 is 0. The highest BCUT2D eigenvalue weighted by Gasteiger charge is 2.16. The van der Waals surface area contributed by atoms with Crippen molar-refractivity contribution in [3.05, 3.63) is 12.2 Å². The van der Waals surface area contributed by atoms with Gasteiger partial charge in [-0.05, 0) is 20.3 Å². The lowest BCUT2D eigenvalue weighted by Gasteiger charge is -2.20. The first-order chi connectivity index (χ1) is 3.98. The highest BCUT2D eigenvalue weighted by molar-refractivity contribution is 4.95. The van der Waals surface area contributed by atoms with Crippen molar-refractivity contribution < 1.29 is 5.11 Å². The molecule has 3 N–H and O–H groups in total. The molecule has 0 aliphatic carbocycles. The number of nitrogens with two attached hydrogens (primary N) is 1. The minimum atomic E-state index is -0.758. The third kappa shape index (κ3) is 4.18. The smallest absolute Gasteiger partial charge is 0.0778 e. The van der Waals surface area contributed by atoms with Crippen LogP contribution in [0.4, 0.5) is 0 Å². The van der Waals surface area contributed by atoms with Crippen molar-refractivity contribution in [1.82, 2.24) is 0 Å². The molecule has 2 heteroatoms. The van der Waals surface area contributed by atoms with Crippen LogP contribution in [0.1, 0.15) is 20.3 Å². The van der Waals surface area contributed by atoms with E-state index in [1.165, 1.54) is 0 Å². The molecular formula is C7H15NO. The predicted octanol–water partition coefficient (Wildman–Crippen LogP) is 0.662. The van der Waals surface area contributed by atoms with Crippen LogP contribution in [0.25, 0.3) is 0 Å². The van der Waals surface area contributed by atoms with Gasteiger partial charge in [0.2, 0.25) is 0 Å². The van der Waals surface area contributed by atoms with Crippen LogP contribution in [0.3, 0.4) is 0 Å². The standard InChI is InChI=1S/C7H15NO/c1-6(2)4-7(3,9)5-8/h9H,1,4-5,8H2,2-3H3. The number of aliphatic hydroxyl groups is 1. The summed E-state index contributed by atoms with van der Waals surface area (Å²) in [5, 5.41) is 9.31. The fraction of sp³-hybridized carbons (Fsp3) is 0.714. The quantitative estimate of drug-likeness (QED) is 0.550. The van der Waals surface area contributed by atoms with E-state index in [1.54, 1.807) is 6.92 Å². The van der Waals surface area contributed by atoms with Crippen LogP contribution in [0.5, 0.6) is 0 Å². The minimum absolute atomic E-state index is 0.292. The number of hydrogen-bond acceptors (Lipinski definition) is 2. The molecule has 0 aromatic heterocycles. The zero-order valence-electron chi connectivity index (χ0n) is 6.15. The lowest BCUT2D eigenvalue weighted by atomic mass is 9.99. The van der Waals surface area contributed by atoms with E-state index in [-0.39, 0.29) is 0 Å². The van der Waals surface area contributed by atoms with Crippen LogP contribution in [-0.2, 0) is 0 Å². The van der Waals surface area contributed by atoms with Crippen molar-refractivity contribution in [2.24, 2.45) is 5.73 Å². The Morgan fingerprint density at radius 1 is 1.78 bits per heavy atom. The van der Waals surface area contributed by atoms with Crippen LogP contribution in [0.15, 0.2) is 12.2 Å². The molecule has 0 aliphatic heterocycles. The van der Waals surface area contributed by atoms with Crippen LogP contribution in [-0.4, -0.2) is 17.3 Å². The van der Waals surface area contributed by atoms with Crippen LogP contribution >= 0.6 is 0 Å². The van der Waals surface area contributed by atoms with E-state index >= 15 is 0 Å². The molecule has 0 saturated heterocycles. The Labute approximate surface area is 56.4 Å². The van der Waals surface area contributed by atoms with Gasteiger partial charge in [-0.25, -0.2) is 0 Å². The maximum atomic E-state index is 9.31. The molecule has 0 heterocycles. The van der Waals surface area contributed by atoms with E-state index in [4.69, 9.17) is 5.73 Å². The summed E-state index contributed by atoms with van der Waals surface area (Å²) in [6.45, 7) is 7.55. The Kier molecular flexibility index (Phi) is 2.88. The van der Waals surface area contributed by atoms with Crippen LogP contribution in [0, 0.1) is 0 Å². The molecule has 0 aromatic carbocycles. The van der Waals surface area contributed by atoms with Crippen molar-refractivity contribution >= 4 is 0 Å². The topological polar surface area (TPSA) is 46.2 Å². The molecule has 54 valence electrons. The molecule has 0 spiro atoms. The second-order valence-electron chi connectivity index (χ2n) is 2.83. The molecule has 0 rings (SSSR count). The van der Waals surface area contributed by atoms with E-state index in [2.05, 4.69) is 6.58 Å². The molecule has 0 aromatic rings. The maximum absolute atomic E-state index is 9.31. The Balaban J connectivity index is 3.71. The highest BCUT2D eigenvalue weighted by atomic mass is 16.3. The first kappa shape index (κ1) is 8.66. The van der Waals surface area contributed by atoms with Crippen LogP contribution < -0.4 is 5.73 Å². The summed E-state index contributed by atoms with van der Waals surface area (Å²) in [5.41, 5.74) is 5.47. The summed E-state index contributed by atoms with van der Waals surface area (Å²) in [4.78, 5) is 0. The Morgan fingerprint density at radius 2 is 2.22 bits per heavy atom. The zero-order valence-corrected chi connectivity index (χ0v) is 6.15. The third-order valence-electron chi connectivity index (χ3n) is 1.12. The zero-order chi connectivity index (χ0) is 7.49. The van der Waals surface area contributed by atoms with Gasteiger partial charge in [0.15, 0.2) is 0 Å². The molecular weight excluding hydrogens is 114 g/mol. The summed E-state index contributed by atoms with van der Waals surface area (Å²) < 4.78 is 0. The molecule has 0 bridgehead atoms. The SMILES string of the molecule is C=C(C)CC(C)(O)CN. The van der Waals surface area contributed by atoms with Gasteiger partial charge in [-0.15, -0.1) is 6.58 Å². The first-order valence-electron chi connectivity index (χ1n) is 3.05. The van der Waals surface area contributed by atoms with Crippen molar-refractivity contribution in [2.75, 3.05) is 6.54 Å². The summed E-state index contributed by atoms with van der Waals surface area (Å²) in [6, 6.07) is 0. The molecule has 1 unspecified atom stereocenters. The monoisotopic (exact) mass is 129 g/mol. The van der Waals surface area contributed by atoms with E-state index in [0.717, 1.165) is 5.57 Å². The minimum Gasteiger partial charge on any atom is -0.389 e. The lowest BCUT2D eigenvalue weighted by Crippen LogP contribution is -2.34. The normalized spacial score (nSPS) is 16.9. The summed E-state index contributed by atoms with van der Waals surface area (Å²) in [5.74, 6) is 0. The average Bonchev–Trinajstić information content (AvgIpc) is 1.63. The highest BCUT2D eigenvalue weighted by Crippen LogP contribution is 2.11. The van der Waals surface area contributed by atoms with Crippen molar-refractivity contribution in [1.29, 1.82) is 0 Å². The fourth-order valence-electron chi connectivity index (χ4n) is 0.722. The van der Waals surface area contributed by atoms with Gasteiger partial charge < -0.3 is 10.8 Å². The average molecular weight is 129 g/mol. The van der Waals surface area contributed by atoms with E-state index in [0.29, 0.717) is 13.0 Å². The largest absolute Gasteiger partial charge is 0.389 e. The summed E-state index contributed by atoms with van der Waals surface area (Å²) in [7, 11) is 0. The van der Waals surface area contributed by atoms with Gasteiger partial charge in [-0.1, -0.05) is 5.57 Å². The van der Waals surface area contributed by atoms with Crippen molar-refractivity contribution in [3.8, 4) is 0 Å². The third-order valence-corrected chi connectivity index (χ3v) is 1.12. The van der Waals surface area contributed by atoms with E-state index in [1.807, 2.05) is 6.92 Å². The maximum Gasteiger partial charge on any atom is 0.0778 e. The Morgan fingerprint density at radius 3 is 2.33 bits per heavy atom. The molecule has 0 fully saturated rings. The molecule has 0 radical (unpaired) electrons. The molecule has 2 nitrogen and oxygen atoms in total. The lowest BCUT2D eigenvalue weighted by molar-refractivity contribution is 0.0698. The van der Waals surface area contributed by atoms with Gasteiger partial charge in [0.05, 0.1) is 5.60 Å². The van der Waals surface area contributed by atoms with Gasteiger partial charge in [0.1, 0.15) is 0 Å². The van der Waals surface area contributed by atoms with Gasteiger partial charge >= 0.3 is 0 Å². The predicted molar refractivity (Wildman–Crippen MR) is 39.1 cm³/mol. The Bertz CT molecular complexity index is 107. The molecule has 1 atom stereocenters. The first-order valence-corrected chi connectivity index (χ1v) is 3.05. The fourth-order valence-corrected chi connectivity index (χ4v) is 0.722. The van der Waals surface area contributed by atoms with E-state index in [9.17, 15) is 5.11 Å². The van der Waals surface area contributed by atoms with Crippen molar-refractivity contribution in [2.45, 2.75) is 25.9 Å². The molecule has 0 saturated carbocycles. The van der Waals surface area contributed by atoms with Gasteiger partial charge in [-0.3, -0.25) is 0 Å². The summed E-state index contributed by atoms with van der Waals surface area (Å²) in [6.07, 6.45) is 0.587. The van der Waals surface area contributed by atoms with Gasteiger partial charge in [0.25, 0.3) is 0 Å². The van der Waals surface area contributed by atoms with Crippen molar-refractivity contribution in [3.63, 3.8) is 0 Å². The second-order valence-corrected chi connectivity index (χ2v) is 2.83. The molecule has 9 heavy (non-hydrogen) atoms. The Hall–Kier alpha value is -0.340. The van der Waals surface area contributed by atoms with Gasteiger partial charge in [-0.2, -0.15) is 0 Å². The van der Waals surface area contributed by atoms with E-state index < -0.39 is 5.60 Å². The second kappa shape index (κ2) is 2.99. The number of hydrogen-bond donors (Lipinski definition) is 2. The van der Waals surface area contributed by atoms with Crippen LogP contribution in [0.2, 0.25) is 0 Å². The number of rotatable bonds is 3. The molecule has 0 aliphatic rings. The van der Waals surface area contributed by atoms with Gasteiger partial charge in [0, 0.05) is 6.54 Å². The molecule has 0 amide bonds.